The molecule has 10 heteroatoms. The van der Waals surface area contributed by atoms with Gasteiger partial charge in [0, 0.05) is 64.7 Å². The number of carbonyl (C=O) groups is 1. The predicted molar refractivity (Wildman–Crippen MR) is 129 cm³/mol. The summed E-state index contributed by atoms with van der Waals surface area (Å²) in [5.41, 5.74) is 0.630. The van der Waals surface area contributed by atoms with E-state index in [2.05, 4.69) is 15.0 Å². The lowest BCUT2D eigenvalue weighted by Crippen LogP contribution is -2.51. The molecular weight excluding hydrogens is 454 g/mol. The van der Waals surface area contributed by atoms with Gasteiger partial charge in [-0.2, -0.15) is 0 Å². The highest BCUT2D eigenvalue weighted by Gasteiger charge is 2.46. The van der Waals surface area contributed by atoms with Crippen LogP contribution in [0.2, 0.25) is 0 Å². The molecule has 34 heavy (non-hydrogen) atoms. The van der Waals surface area contributed by atoms with Crippen LogP contribution in [0.3, 0.4) is 0 Å². The van der Waals surface area contributed by atoms with Gasteiger partial charge in [0.1, 0.15) is 17.1 Å². The number of carbonyl (C=O) groups excluding carboxylic acids is 1. The van der Waals surface area contributed by atoms with Gasteiger partial charge in [-0.15, -0.1) is 0 Å². The van der Waals surface area contributed by atoms with E-state index in [1.165, 1.54) is 4.31 Å². The fourth-order valence-electron chi connectivity index (χ4n) is 4.81. The molecule has 9 nitrogen and oxygen atoms in total. The van der Waals surface area contributed by atoms with E-state index in [0.29, 0.717) is 51.2 Å². The smallest absolute Gasteiger partial charge is 0.271 e. The van der Waals surface area contributed by atoms with E-state index in [4.69, 9.17) is 4.84 Å². The van der Waals surface area contributed by atoms with Crippen LogP contribution >= 0.6 is 0 Å². The molecule has 1 spiro atoms. The molecular formula is C24H29N5O4S. The van der Waals surface area contributed by atoms with Gasteiger partial charge in [-0.25, -0.2) is 17.7 Å². The zero-order valence-corrected chi connectivity index (χ0v) is 19.9. The molecule has 180 valence electrons. The highest BCUT2D eigenvalue weighted by molar-refractivity contribution is 7.88. The van der Waals surface area contributed by atoms with Crippen LogP contribution in [0.25, 0.3) is 0 Å². The van der Waals surface area contributed by atoms with E-state index < -0.39 is 15.6 Å². The van der Waals surface area contributed by atoms with E-state index in [1.54, 1.807) is 6.20 Å². The average Bonchev–Trinajstić information content (AvgIpc) is 3.28. The fraction of sp³-hybridized carbons (Fsp3) is 0.458. The number of sulfonamides is 1. The number of nitrogens with zero attached hydrogens (tertiary/aromatic N) is 5. The summed E-state index contributed by atoms with van der Waals surface area (Å²) in [7, 11) is -3.40. The van der Waals surface area contributed by atoms with E-state index in [1.807, 2.05) is 53.4 Å². The lowest BCUT2D eigenvalue weighted by atomic mass is 9.87. The SMILES string of the molecule is O=C(C1=NOC2(CCN(S(=O)(=O)Cc3ccccc3)CC2)C1)N1CCN(c2ccccn2)CC1. The van der Waals surface area contributed by atoms with Crippen molar-refractivity contribution in [1.29, 1.82) is 0 Å². The summed E-state index contributed by atoms with van der Waals surface area (Å²) in [6, 6.07) is 15.0. The number of rotatable bonds is 5. The molecule has 1 aromatic carbocycles. The molecule has 0 unspecified atom stereocenters. The van der Waals surface area contributed by atoms with Crippen LogP contribution in [0, 0.1) is 0 Å². The van der Waals surface area contributed by atoms with Crippen molar-refractivity contribution in [3.63, 3.8) is 0 Å². The Morgan fingerprint density at radius 3 is 2.32 bits per heavy atom. The molecule has 0 saturated carbocycles. The van der Waals surface area contributed by atoms with Crippen molar-refractivity contribution in [3.8, 4) is 0 Å². The molecule has 0 bridgehead atoms. The molecule has 3 aliphatic rings. The van der Waals surface area contributed by atoms with Gasteiger partial charge in [0.2, 0.25) is 10.0 Å². The van der Waals surface area contributed by atoms with Gasteiger partial charge in [-0.3, -0.25) is 4.79 Å². The van der Waals surface area contributed by atoms with Crippen LogP contribution in [0.4, 0.5) is 5.82 Å². The van der Waals surface area contributed by atoms with Crippen molar-refractivity contribution in [3.05, 3.63) is 60.3 Å². The Morgan fingerprint density at radius 1 is 0.941 bits per heavy atom. The van der Waals surface area contributed by atoms with Crippen LogP contribution in [0.15, 0.2) is 59.9 Å². The number of aromatic nitrogens is 1. The molecule has 0 aliphatic carbocycles. The number of anilines is 1. The highest BCUT2D eigenvalue weighted by Crippen LogP contribution is 2.36. The summed E-state index contributed by atoms with van der Waals surface area (Å²) in [5, 5.41) is 4.15. The molecule has 1 aromatic heterocycles. The lowest BCUT2D eigenvalue weighted by molar-refractivity contribution is -0.124. The Bertz CT molecular complexity index is 1140. The minimum atomic E-state index is -3.40. The predicted octanol–water partition coefficient (Wildman–Crippen LogP) is 1.87. The van der Waals surface area contributed by atoms with Crippen molar-refractivity contribution in [1.82, 2.24) is 14.2 Å². The van der Waals surface area contributed by atoms with Gasteiger partial charge in [0.05, 0.1) is 5.75 Å². The number of piperazine rings is 1. The Balaban J connectivity index is 1.13. The third kappa shape index (κ3) is 4.78. The summed E-state index contributed by atoms with van der Waals surface area (Å²) in [5.74, 6) is 0.826. The van der Waals surface area contributed by atoms with Crippen molar-refractivity contribution in [2.24, 2.45) is 5.16 Å². The van der Waals surface area contributed by atoms with E-state index in [0.717, 1.165) is 24.5 Å². The monoisotopic (exact) mass is 483 g/mol. The molecule has 2 fully saturated rings. The number of amides is 1. The van der Waals surface area contributed by atoms with Crippen LogP contribution in [-0.4, -0.2) is 79.1 Å². The second-order valence-corrected chi connectivity index (χ2v) is 11.1. The highest BCUT2D eigenvalue weighted by atomic mass is 32.2. The first kappa shape index (κ1) is 22.8. The lowest BCUT2D eigenvalue weighted by Gasteiger charge is -2.37. The Morgan fingerprint density at radius 2 is 1.65 bits per heavy atom. The number of pyridine rings is 1. The average molecular weight is 484 g/mol. The van der Waals surface area contributed by atoms with Crippen molar-refractivity contribution < 1.29 is 18.0 Å². The summed E-state index contributed by atoms with van der Waals surface area (Å²) in [6.07, 6.45) is 3.25. The number of hydrogen-bond donors (Lipinski definition) is 0. The van der Waals surface area contributed by atoms with Gasteiger partial charge in [-0.1, -0.05) is 41.6 Å². The van der Waals surface area contributed by atoms with Crippen LogP contribution < -0.4 is 4.90 Å². The minimum absolute atomic E-state index is 0.00753. The first-order valence-electron chi connectivity index (χ1n) is 11.7. The number of benzene rings is 1. The third-order valence-electron chi connectivity index (χ3n) is 6.85. The summed E-state index contributed by atoms with van der Waals surface area (Å²) in [6.45, 7) is 3.39. The van der Waals surface area contributed by atoms with E-state index >= 15 is 0 Å². The second kappa shape index (κ2) is 9.34. The number of oxime groups is 1. The molecule has 0 atom stereocenters. The maximum absolute atomic E-state index is 13.1. The van der Waals surface area contributed by atoms with Gasteiger partial charge in [0.25, 0.3) is 5.91 Å². The molecule has 0 radical (unpaired) electrons. The molecule has 2 aromatic rings. The quantitative estimate of drug-likeness (QED) is 0.644. The van der Waals surface area contributed by atoms with E-state index in [-0.39, 0.29) is 11.7 Å². The van der Waals surface area contributed by atoms with Crippen LogP contribution in [-0.2, 0) is 25.4 Å². The van der Waals surface area contributed by atoms with E-state index in [9.17, 15) is 13.2 Å². The molecule has 2 saturated heterocycles. The normalized spacial score (nSPS) is 20.8. The van der Waals surface area contributed by atoms with Crippen LogP contribution in [0.5, 0.6) is 0 Å². The number of hydrogen-bond acceptors (Lipinski definition) is 7. The van der Waals surface area contributed by atoms with Gasteiger partial charge in [-0.05, 0) is 17.7 Å². The topological polar surface area (TPSA) is 95.4 Å². The van der Waals surface area contributed by atoms with Gasteiger partial charge >= 0.3 is 0 Å². The van der Waals surface area contributed by atoms with Gasteiger partial charge in [0.15, 0.2) is 0 Å². The molecule has 1 amide bonds. The molecule has 3 aliphatic heterocycles. The third-order valence-corrected chi connectivity index (χ3v) is 8.70. The van der Waals surface area contributed by atoms with Crippen molar-refractivity contribution in [2.75, 3.05) is 44.2 Å². The maximum Gasteiger partial charge on any atom is 0.271 e. The molecule has 0 N–H and O–H groups in total. The summed E-state index contributed by atoms with van der Waals surface area (Å²) in [4.78, 5) is 27.2. The zero-order chi connectivity index (χ0) is 23.6. The maximum atomic E-state index is 13.1. The molecule has 5 rings (SSSR count). The Hall–Kier alpha value is -2.98. The first-order valence-corrected chi connectivity index (χ1v) is 13.3. The zero-order valence-electron chi connectivity index (χ0n) is 19.0. The van der Waals surface area contributed by atoms with Gasteiger partial charge < -0.3 is 14.6 Å². The Kier molecular flexibility index (Phi) is 6.26. The minimum Gasteiger partial charge on any atom is -0.388 e. The van der Waals surface area contributed by atoms with Crippen molar-refractivity contribution in [2.45, 2.75) is 30.6 Å². The Labute approximate surface area is 200 Å². The van der Waals surface area contributed by atoms with Crippen molar-refractivity contribution >= 4 is 27.5 Å². The first-order chi connectivity index (χ1) is 16.4. The standard InChI is InChI=1S/C24H29N5O4S/c30-23(28-16-14-27(15-17-28)22-8-4-5-11-25-22)21-18-24(33-26-21)9-12-29(13-10-24)34(31,32)19-20-6-2-1-3-7-20/h1-8,11H,9-10,12-19H2. The van der Waals surface area contributed by atoms with Crippen LogP contribution in [0.1, 0.15) is 24.8 Å². The summed E-state index contributed by atoms with van der Waals surface area (Å²) < 4.78 is 27.2. The largest absolute Gasteiger partial charge is 0.388 e. The number of piperidine rings is 1. The second-order valence-electron chi connectivity index (χ2n) is 9.10. The molecule has 4 heterocycles. The fourth-order valence-corrected chi connectivity index (χ4v) is 6.35. The summed E-state index contributed by atoms with van der Waals surface area (Å²) >= 11 is 0.